The van der Waals surface area contributed by atoms with Crippen molar-refractivity contribution in [1.29, 1.82) is 0 Å². The van der Waals surface area contributed by atoms with Gasteiger partial charge in [0.15, 0.2) is 11.6 Å². The highest BCUT2D eigenvalue weighted by Gasteiger charge is 2.19. The molecule has 0 spiro atoms. The molecule has 0 radical (unpaired) electrons. The summed E-state index contributed by atoms with van der Waals surface area (Å²) >= 11 is 0. The number of rotatable bonds is 2. The minimum absolute atomic E-state index is 0.0716. The van der Waals surface area contributed by atoms with Crippen LogP contribution in [0.4, 0.5) is 8.78 Å². The van der Waals surface area contributed by atoms with Crippen molar-refractivity contribution >= 4 is 0 Å². The Morgan fingerprint density at radius 1 is 1.25 bits per heavy atom. The van der Waals surface area contributed by atoms with E-state index in [1.54, 1.807) is 10.9 Å². The van der Waals surface area contributed by atoms with Gasteiger partial charge in [-0.05, 0) is 31.4 Å². The van der Waals surface area contributed by atoms with Crippen molar-refractivity contribution in [3.63, 3.8) is 0 Å². The summed E-state index contributed by atoms with van der Waals surface area (Å²) in [6, 6.07) is 2.46. The van der Waals surface area contributed by atoms with Crippen molar-refractivity contribution in [3.05, 3.63) is 36.2 Å². The lowest BCUT2D eigenvalue weighted by Crippen LogP contribution is -2.18. The molecule has 1 N–H and O–H groups in total. The third-order valence-corrected chi connectivity index (χ3v) is 3.43. The summed E-state index contributed by atoms with van der Waals surface area (Å²) in [6.07, 6.45) is 5.89. The highest BCUT2D eigenvalue weighted by atomic mass is 19.2. The first kappa shape index (κ1) is 13.1. The largest absolute Gasteiger partial charge is 0.505 e. The van der Waals surface area contributed by atoms with Crippen molar-refractivity contribution in [1.82, 2.24) is 9.78 Å². The standard InChI is InChI=1S/C14H14F2N2O2/c15-13-10(4-5-11(19)14(13)16)9-7-17-18(8-9)12-3-1-2-6-20-12/h4-5,7-8,12,19H,1-3,6H2. The Hall–Kier alpha value is -1.95. The number of phenolic OH excluding ortho intramolecular Hbond substituents is 1. The zero-order chi connectivity index (χ0) is 14.1. The van der Waals surface area contributed by atoms with Crippen molar-refractivity contribution in [2.75, 3.05) is 6.61 Å². The second-order valence-corrected chi connectivity index (χ2v) is 4.79. The molecule has 6 heteroatoms. The number of aromatic nitrogens is 2. The van der Waals surface area contributed by atoms with Crippen molar-refractivity contribution < 1.29 is 18.6 Å². The molecule has 3 rings (SSSR count). The molecule has 1 fully saturated rings. The quantitative estimate of drug-likeness (QED) is 0.918. The summed E-state index contributed by atoms with van der Waals surface area (Å²) < 4.78 is 34.4. The fraction of sp³-hybridized carbons (Fsp3) is 0.357. The number of nitrogens with zero attached hydrogens (tertiary/aromatic N) is 2. The molecule has 0 amide bonds. The Morgan fingerprint density at radius 3 is 2.85 bits per heavy atom. The Labute approximate surface area is 114 Å². The van der Waals surface area contributed by atoms with Gasteiger partial charge in [-0.2, -0.15) is 9.49 Å². The van der Waals surface area contributed by atoms with E-state index in [0.717, 1.165) is 25.3 Å². The fourth-order valence-electron chi connectivity index (χ4n) is 2.33. The first-order chi connectivity index (χ1) is 9.66. The van der Waals surface area contributed by atoms with E-state index in [0.29, 0.717) is 12.2 Å². The molecule has 1 aliphatic rings. The van der Waals surface area contributed by atoms with Gasteiger partial charge in [0.1, 0.15) is 6.23 Å². The average molecular weight is 280 g/mol. The normalized spacial score (nSPS) is 19.2. The van der Waals surface area contributed by atoms with Gasteiger partial charge < -0.3 is 9.84 Å². The molecule has 1 saturated heterocycles. The highest BCUT2D eigenvalue weighted by Crippen LogP contribution is 2.30. The molecule has 1 atom stereocenters. The van der Waals surface area contributed by atoms with Crippen LogP contribution in [0.25, 0.3) is 11.1 Å². The van der Waals surface area contributed by atoms with E-state index in [1.165, 1.54) is 12.3 Å². The lowest BCUT2D eigenvalue weighted by Gasteiger charge is -2.22. The molecule has 2 aromatic rings. The molecule has 20 heavy (non-hydrogen) atoms. The van der Waals surface area contributed by atoms with Crippen LogP contribution in [-0.4, -0.2) is 21.5 Å². The zero-order valence-electron chi connectivity index (χ0n) is 10.7. The van der Waals surface area contributed by atoms with E-state index in [2.05, 4.69) is 5.10 Å². The molecule has 0 aliphatic carbocycles. The number of ether oxygens (including phenoxy) is 1. The monoisotopic (exact) mass is 280 g/mol. The highest BCUT2D eigenvalue weighted by molar-refractivity contribution is 5.63. The fourth-order valence-corrected chi connectivity index (χ4v) is 2.33. The molecule has 1 aromatic heterocycles. The Morgan fingerprint density at radius 2 is 2.10 bits per heavy atom. The van der Waals surface area contributed by atoms with Crippen LogP contribution in [0, 0.1) is 11.6 Å². The van der Waals surface area contributed by atoms with E-state index >= 15 is 0 Å². The van der Waals surface area contributed by atoms with Crippen LogP contribution >= 0.6 is 0 Å². The number of aromatic hydroxyl groups is 1. The van der Waals surface area contributed by atoms with Crippen LogP contribution in [-0.2, 0) is 4.74 Å². The van der Waals surface area contributed by atoms with Crippen molar-refractivity contribution in [2.45, 2.75) is 25.5 Å². The van der Waals surface area contributed by atoms with Gasteiger partial charge in [0.05, 0.1) is 6.20 Å². The summed E-state index contributed by atoms with van der Waals surface area (Å²) in [5.41, 5.74) is 0.526. The zero-order valence-corrected chi connectivity index (χ0v) is 10.7. The van der Waals surface area contributed by atoms with Gasteiger partial charge in [-0.15, -0.1) is 0 Å². The van der Waals surface area contributed by atoms with Crippen LogP contribution in [0.2, 0.25) is 0 Å². The van der Waals surface area contributed by atoms with Gasteiger partial charge in [0.25, 0.3) is 0 Å². The van der Waals surface area contributed by atoms with E-state index in [-0.39, 0.29) is 11.8 Å². The maximum absolute atomic E-state index is 13.8. The smallest absolute Gasteiger partial charge is 0.200 e. The molecule has 1 aromatic carbocycles. The summed E-state index contributed by atoms with van der Waals surface area (Å²) in [6.45, 7) is 0.683. The second kappa shape index (κ2) is 5.20. The lowest BCUT2D eigenvalue weighted by molar-refractivity contribution is -0.0394. The number of hydrogen-bond donors (Lipinski definition) is 1. The predicted octanol–water partition coefficient (Wildman–Crippen LogP) is 3.23. The molecule has 2 heterocycles. The van der Waals surface area contributed by atoms with E-state index in [9.17, 15) is 8.78 Å². The van der Waals surface area contributed by atoms with Gasteiger partial charge in [0.2, 0.25) is 5.82 Å². The third kappa shape index (κ3) is 2.27. The summed E-state index contributed by atoms with van der Waals surface area (Å²) in [5, 5.41) is 13.3. The molecule has 1 aliphatic heterocycles. The van der Waals surface area contributed by atoms with Gasteiger partial charge in [0, 0.05) is 23.9 Å². The molecular formula is C14H14F2N2O2. The first-order valence-electron chi connectivity index (χ1n) is 6.50. The van der Waals surface area contributed by atoms with Gasteiger partial charge >= 0.3 is 0 Å². The van der Waals surface area contributed by atoms with Crippen LogP contribution < -0.4 is 0 Å². The van der Waals surface area contributed by atoms with Crippen LogP contribution in [0.1, 0.15) is 25.5 Å². The lowest BCUT2D eigenvalue weighted by atomic mass is 10.1. The van der Waals surface area contributed by atoms with E-state index in [1.807, 2.05) is 0 Å². The topological polar surface area (TPSA) is 47.3 Å². The predicted molar refractivity (Wildman–Crippen MR) is 68.1 cm³/mol. The molecule has 0 saturated carbocycles. The second-order valence-electron chi connectivity index (χ2n) is 4.79. The van der Waals surface area contributed by atoms with Crippen LogP contribution in [0.15, 0.2) is 24.5 Å². The maximum Gasteiger partial charge on any atom is 0.200 e. The molecule has 106 valence electrons. The SMILES string of the molecule is Oc1ccc(-c2cnn(C3CCCCO3)c2)c(F)c1F. The molecule has 4 nitrogen and oxygen atoms in total. The summed E-state index contributed by atoms with van der Waals surface area (Å²) in [7, 11) is 0. The van der Waals surface area contributed by atoms with Gasteiger partial charge in [-0.1, -0.05) is 0 Å². The number of phenols is 1. The number of benzene rings is 1. The third-order valence-electron chi connectivity index (χ3n) is 3.43. The van der Waals surface area contributed by atoms with E-state index < -0.39 is 17.4 Å². The molecular weight excluding hydrogens is 266 g/mol. The van der Waals surface area contributed by atoms with Gasteiger partial charge in [-0.3, -0.25) is 0 Å². The summed E-state index contributed by atoms with van der Waals surface area (Å²) in [4.78, 5) is 0. The van der Waals surface area contributed by atoms with Crippen molar-refractivity contribution in [3.8, 4) is 16.9 Å². The Bertz CT molecular complexity index is 622. The number of hydrogen-bond acceptors (Lipinski definition) is 3. The molecule has 1 unspecified atom stereocenters. The average Bonchev–Trinajstić information content (AvgIpc) is 2.95. The summed E-state index contributed by atoms with van der Waals surface area (Å²) in [5.74, 6) is -3.02. The number of halogens is 2. The Balaban J connectivity index is 1.92. The Kier molecular flexibility index (Phi) is 3.40. The van der Waals surface area contributed by atoms with E-state index in [4.69, 9.17) is 9.84 Å². The maximum atomic E-state index is 13.8. The van der Waals surface area contributed by atoms with Crippen LogP contribution in [0.3, 0.4) is 0 Å². The minimum Gasteiger partial charge on any atom is -0.505 e. The molecule has 0 bridgehead atoms. The van der Waals surface area contributed by atoms with Crippen molar-refractivity contribution in [2.24, 2.45) is 0 Å². The first-order valence-corrected chi connectivity index (χ1v) is 6.50. The minimum atomic E-state index is -1.25. The van der Waals surface area contributed by atoms with Gasteiger partial charge in [-0.25, -0.2) is 9.07 Å². The van der Waals surface area contributed by atoms with Crippen LogP contribution in [0.5, 0.6) is 5.75 Å².